The van der Waals surface area contributed by atoms with Crippen LogP contribution < -0.4 is 15.0 Å². The van der Waals surface area contributed by atoms with E-state index in [0.717, 1.165) is 18.2 Å². The Morgan fingerprint density at radius 1 is 1.23 bits per heavy atom. The normalized spacial score (nSPS) is 13.3. The summed E-state index contributed by atoms with van der Waals surface area (Å²) in [6.07, 6.45) is 3.36. The topological polar surface area (TPSA) is 61.9 Å². The van der Waals surface area contributed by atoms with E-state index in [0.29, 0.717) is 23.4 Å². The average Bonchev–Trinajstić information content (AvgIpc) is 2.72. The Bertz CT molecular complexity index is 1040. The Balaban J connectivity index is 0.00000341. The van der Waals surface area contributed by atoms with Crippen LogP contribution in [0.15, 0.2) is 60.8 Å². The molecule has 1 aliphatic rings. The predicted molar refractivity (Wildman–Crippen MR) is 117 cm³/mol. The van der Waals surface area contributed by atoms with Crippen molar-refractivity contribution in [3.8, 4) is 11.5 Å². The molecule has 0 unspecified atom stereocenters. The minimum atomic E-state index is -0.847. The van der Waals surface area contributed by atoms with E-state index in [1.807, 2.05) is 6.92 Å². The van der Waals surface area contributed by atoms with Crippen LogP contribution in [0.25, 0.3) is 0 Å². The first kappa shape index (κ1) is 23.6. The highest BCUT2D eigenvalue weighted by molar-refractivity contribution is 5.99. The van der Waals surface area contributed by atoms with E-state index >= 15 is 0 Å². The molecule has 2 aromatic rings. The van der Waals surface area contributed by atoms with Gasteiger partial charge in [0.15, 0.2) is 17.3 Å². The van der Waals surface area contributed by atoms with Gasteiger partial charge in [0.05, 0.1) is 12.4 Å². The van der Waals surface area contributed by atoms with E-state index in [2.05, 4.69) is 11.9 Å². The van der Waals surface area contributed by atoms with Crippen LogP contribution in [0.5, 0.6) is 11.5 Å². The van der Waals surface area contributed by atoms with E-state index < -0.39 is 17.5 Å². The summed E-state index contributed by atoms with van der Waals surface area (Å²) in [4.78, 5) is 27.3. The molecule has 0 aromatic heterocycles. The first-order valence-electron chi connectivity index (χ1n) is 9.25. The van der Waals surface area contributed by atoms with Crippen molar-refractivity contribution in [1.29, 1.82) is 0 Å². The largest absolute Gasteiger partial charge is 0.452 e. The monoisotopic (exact) mass is 429 g/mol. The van der Waals surface area contributed by atoms with Crippen molar-refractivity contribution in [3.63, 3.8) is 0 Å². The number of rotatable bonds is 6. The molecule has 1 N–H and O–H groups in total. The molecule has 0 saturated carbocycles. The molecular weight excluding hydrogens is 404 g/mol. The number of carbonyl (C=O) groups is 2. The number of likely N-dealkylation sites (N-methyl/N-ethyl adjacent to an activating group) is 1. The molecule has 1 aliphatic heterocycles. The Hall–Kier alpha value is -3.68. The number of anilines is 2. The number of ether oxygens (including phenoxy) is 1. The zero-order chi connectivity index (χ0) is 21.8. The molecular formula is C23H25F2N3O3. The minimum Gasteiger partial charge on any atom is -0.452 e. The third-order valence-corrected chi connectivity index (χ3v) is 4.51. The van der Waals surface area contributed by atoms with Gasteiger partial charge in [-0.1, -0.05) is 20.9 Å². The Morgan fingerprint density at radius 3 is 2.58 bits per heavy atom. The minimum absolute atomic E-state index is 0. The summed E-state index contributed by atoms with van der Waals surface area (Å²) in [6, 6.07) is 7.82. The molecule has 0 bridgehead atoms. The Kier molecular flexibility index (Phi) is 7.52. The van der Waals surface area contributed by atoms with Crippen LogP contribution in [-0.2, 0) is 9.59 Å². The van der Waals surface area contributed by atoms with E-state index in [-0.39, 0.29) is 31.5 Å². The molecule has 2 aromatic carbocycles. The van der Waals surface area contributed by atoms with Gasteiger partial charge in [0, 0.05) is 30.6 Å². The lowest BCUT2D eigenvalue weighted by Crippen LogP contribution is -2.42. The van der Waals surface area contributed by atoms with Gasteiger partial charge >= 0.3 is 0 Å². The molecule has 8 heteroatoms. The predicted octanol–water partition coefficient (Wildman–Crippen LogP) is 5.05. The van der Waals surface area contributed by atoms with Crippen molar-refractivity contribution in [2.75, 3.05) is 23.9 Å². The van der Waals surface area contributed by atoms with Crippen LogP contribution in [0.1, 0.15) is 20.8 Å². The van der Waals surface area contributed by atoms with Gasteiger partial charge in [-0.25, -0.2) is 8.78 Å². The summed E-state index contributed by atoms with van der Waals surface area (Å²) in [6.45, 7) is 5.52. The fraction of sp³-hybridized carbons (Fsp3) is 0.217. The zero-order valence-corrected chi connectivity index (χ0v) is 16.6. The first-order valence-corrected chi connectivity index (χ1v) is 9.25. The maximum absolute atomic E-state index is 14.1. The van der Waals surface area contributed by atoms with Gasteiger partial charge in [0.1, 0.15) is 5.82 Å². The summed E-state index contributed by atoms with van der Waals surface area (Å²) in [5.41, 5.74) is 1.54. The second kappa shape index (κ2) is 9.88. The van der Waals surface area contributed by atoms with Crippen LogP contribution in [0.3, 0.4) is 0 Å². The maximum Gasteiger partial charge on any atom is 0.252 e. The highest BCUT2D eigenvalue weighted by atomic mass is 19.1. The fourth-order valence-corrected chi connectivity index (χ4v) is 2.99. The smallest absolute Gasteiger partial charge is 0.252 e. The van der Waals surface area contributed by atoms with Gasteiger partial charge in [-0.2, -0.15) is 0 Å². The molecule has 0 spiro atoms. The second-order valence-corrected chi connectivity index (χ2v) is 6.67. The van der Waals surface area contributed by atoms with Gasteiger partial charge in [-0.15, -0.1) is 0 Å². The van der Waals surface area contributed by atoms with Crippen LogP contribution >= 0.6 is 0 Å². The van der Waals surface area contributed by atoms with Crippen LogP contribution in [0.2, 0.25) is 0 Å². The number of nitrogens with one attached hydrogen (secondary N) is 1. The number of amides is 2. The molecule has 0 saturated heterocycles. The van der Waals surface area contributed by atoms with Gasteiger partial charge in [0.2, 0.25) is 5.91 Å². The van der Waals surface area contributed by atoms with E-state index in [4.69, 9.17) is 4.74 Å². The van der Waals surface area contributed by atoms with Crippen molar-refractivity contribution in [2.45, 2.75) is 20.8 Å². The lowest BCUT2D eigenvalue weighted by Gasteiger charge is -2.33. The van der Waals surface area contributed by atoms with Crippen LogP contribution in [-0.4, -0.2) is 30.4 Å². The van der Waals surface area contributed by atoms with E-state index in [1.165, 1.54) is 11.0 Å². The van der Waals surface area contributed by atoms with E-state index in [1.54, 1.807) is 36.3 Å². The zero-order valence-electron chi connectivity index (χ0n) is 16.6. The Labute approximate surface area is 180 Å². The number of nitrogens with zero attached hydrogens (tertiary/aromatic N) is 2. The van der Waals surface area contributed by atoms with Crippen molar-refractivity contribution in [2.24, 2.45) is 0 Å². The number of hydrogen-bond acceptors (Lipinski definition) is 4. The molecule has 164 valence electrons. The highest BCUT2D eigenvalue weighted by Crippen LogP contribution is 2.37. The molecule has 6 nitrogen and oxygen atoms in total. The number of benzene rings is 2. The van der Waals surface area contributed by atoms with Gasteiger partial charge in [-0.3, -0.25) is 9.59 Å². The summed E-state index contributed by atoms with van der Waals surface area (Å²) in [5.74, 6) is -1.92. The lowest BCUT2D eigenvalue weighted by molar-refractivity contribution is -0.126. The highest BCUT2D eigenvalue weighted by Gasteiger charge is 2.25. The number of carbonyl (C=O) groups excluding carboxylic acids is 2. The molecule has 0 fully saturated rings. The number of hydrogen-bond donors (Lipinski definition) is 1. The van der Waals surface area contributed by atoms with Gasteiger partial charge < -0.3 is 19.9 Å². The summed E-state index contributed by atoms with van der Waals surface area (Å²) in [5, 5.41) is 2.66. The second-order valence-electron chi connectivity index (χ2n) is 6.67. The average molecular weight is 429 g/mol. The molecule has 31 heavy (non-hydrogen) atoms. The summed E-state index contributed by atoms with van der Waals surface area (Å²) >= 11 is 0. The number of halogens is 2. The van der Waals surface area contributed by atoms with Crippen molar-refractivity contribution < 1.29 is 23.1 Å². The molecule has 2 amide bonds. The van der Waals surface area contributed by atoms with Crippen LogP contribution in [0, 0.1) is 11.6 Å². The van der Waals surface area contributed by atoms with Gasteiger partial charge in [-0.05, 0) is 42.8 Å². The molecule has 0 radical (unpaired) electrons. The third-order valence-electron chi connectivity index (χ3n) is 4.51. The van der Waals surface area contributed by atoms with Crippen molar-refractivity contribution in [3.05, 3.63) is 72.5 Å². The Morgan fingerprint density at radius 2 is 1.94 bits per heavy atom. The molecule has 0 aliphatic carbocycles. The maximum atomic E-state index is 14.1. The van der Waals surface area contributed by atoms with E-state index in [9.17, 15) is 18.4 Å². The molecule has 0 atom stereocenters. The van der Waals surface area contributed by atoms with Gasteiger partial charge in [0.25, 0.3) is 5.91 Å². The SMILES string of the molecule is C.C=CC(=O)Nc1ccc(Oc2ccc(F)cc2F)c(N2C=C(CC)C(=O)N(C)C2)c1. The molecule has 1 heterocycles. The first-order chi connectivity index (χ1) is 14.3. The quantitative estimate of drug-likeness (QED) is 0.653. The van der Waals surface area contributed by atoms with Crippen molar-refractivity contribution in [1.82, 2.24) is 4.90 Å². The molecule has 3 rings (SSSR count). The fourth-order valence-electron chi connectivity index (χ4n) is 2.99. The van der Waals surface area contributed by atoms with Crippen LogP contribution in [0.4, 0.5) is 20.2 Å². The standard InChI is InChI=1S/C22H21F2N3O3.CH4/c1-4-14-12-27(13-26(3)22(14)29)18-11-16(25-21(28)5-2)7-9-20(18)30-19-8-6-15(23)10-17(19)24;/h5-12H,2,4,13H2,1,3H3,(H,25,28);1H4. The third kappa shape index (κ3) is 5.28. The summed E-state index contributed by atoms with van der Waals surface area (Å²) < 4.78 is 33.1. The summed E-state index contributed by atoms with van der Waals surface area (Å²) in [7, 11) is 1.67. The van der Waals surface area contributed by atoms with Crippen molar-refractivity contribution >= 4 is 23.2 Å². The lowest BCUT2D eigenvalue weighted by atomic mass is 10.1.